The summed E-state index contributed by atoms with van der Waals surface area (Å²) in [4.78, 5) is 13.1. The fourth-order valence-corrected chi connectivity index (χ4v) is 5.84. The first-order valence-corrected chi connectivity index (χ1v) is 12.8. The van der Waals surface area contributed by atoms with Crippen LogP contribution in [-0.2, 0) is 28.4 Å². The molecular weight excluding hydrogens is 468 g/mol. The summed E-state index contributed by atoms with van der Waals surface area (Å²) in [5.74, 6) is 1.14. The number of ether oxygens (including phenoxy) is 2. The summed E-state index contributed by atoms with van der Waals surface area (Å²) >= 11 is 0. The van der Waals surface area contributed by atoms with E-state index in [0.29, 0.717) is 34.5 Å². The van der Waals surface area contributed by atoms with Crippen LogP contribution in [0.25, 0.3) is 0 Å². The molecule has 186 valence electrons. The number of benzene rings is 2. The van der Waals surface area contributed by atoms with Crippen molar-refractivity contribution in [3.05, 3.63) is 65.0 Å². The molecule has 9 nitrogen and oxygen atoms in total. The van der Waals surface area contributed by atoms with Gasteiger partial charge in [0, 0.05) is 13.6 Å². The summed E-state index contributed by atoms with van der Waals surface area (Å²) in [6.07, 6.45) is 0. The zero-order chi connectivity index (χ0) is 25.3. The van der Waals surface area contributed by atoms with Gasteiger partial charge < -0.3 is 14.8 Å². The quantitative estimate of drug-likeness (QED) is 0.511. The molecule has 0 bridgehead atoms. The van der Waals surface area contributed by atoms with Crippen LogP contribution in [0.3, 0.4) is 0 Å². The highest BCUT2D eigenvalue weighted by Crippen LogP contribution is 2.32. The van der Waals surface area contributed by atoms with Gasteiger partial charge in [0.05, 0.1) is 17.1 Å². The van der Waals surface area contributed by atoms with Crippen molar-refractivity contribution in [3.63, 3.8) is 0 Å². The molecule has 0 spiro atoms. The van der Waals surface area contributed by atoms with Gasteiger partial charge in [-0.25, -0.2) is 8.42 Å². The van der Waals surface area contributed by atoms with Crippen LogP contribution in [0.2, 0.25) is 0 Å². The predicted octanol–water partition coefficient (Wildman–Crippen LogP) is 3.40. The summed E-state index contributed by atoms with van der Waals surface area (Å²) < 4.78 is 41.0. The molecule has 0 saturated carbocycles. The maximum absolute atomic E-state index is 13.8. The lowest BCUT2D eigenvalue weighted by Crippen LogP contribution is -2.41. The van der Waals surface area contributed by atoms with Crippen LogP contribution in [0.4, 0.5) is 5.69 Å². The number of carbonyl (C=O) groups is 1. The van der Waals surface area contributed by atoms with Crippen LogP contribution in [0, 0.1) is 13.8 Å². The van der Waals surface area contributed by atoms with Crippen molar-refractivity contribution in [3.8, 4) is 11.5 Å². The number of hydrogen-bond donors (Lipinski definition) is 1. The van der Waals surface area contributed by atoms with Gasteiger partial charge >= 0.3 is 0 Å². The molecule has 2 aromatic carbocycles. The predicted molar refractivity (Wildman–Crippen MR) is 132 cm³/mol. The zero-order valence-corrected chi connectivity index (χ0v) is 21.3. The smallest absolute Gasteiger partial charge is 0.268 e. The molecule has 1 aromatic heterocycles. The number of aromatic nitrogens is 2. The summed E-state index contributed by atoms with van der Waals surface area (Å²) in [6, 6.07) is 12.6. The van der Waals surface area contributed by atoms with Crippen molar-refractivity contribution in [2.24, 2.45) is 7.05 Å². The number of fused-ring (bicyclic) bond motifs is 1. The van der Waals surface area contributed by atoms with E-state index in [2.05, 4.69) is 24.3 Å². The van der Waals surface area contributed by atoms with Crippen molar-refractivity contribution >= 4 is 21.6 Å². The second-order valence-corrected chi connectivity index (χ2v) is 10.6. The molecule has 10 heteroatoms. The van der Waals surface area contributed by atoms with Crippen molar-refractivity contribution in [2.45, 2.75) is 45.1 Å². The van der Waals surface area contributed by atoms with E-state index < -0.39 is 15.9 Å². The third kappa shape index (κ3) is 4.97. The lowest BCUT2D eigenvalue weighted by Gasteiger charge is -2.25. The van der Waals surface area contributed by atoms with Crippen molar-refractivity contribution in [1.82, 2.24) is 15.1 Å². The topological polar surface area (TPSA) is 103 Å². The Kier molecular flexibility index (Phi) is 6.75. The molecule has 0 unspecified atom stereocenters. The maximum Gasteiger partial charge on any atom is 0.268 e. The van der Waals surface area contributed by atoms with Crippen LogP contribution in [0.5, 0.6) is 11.5 Å². The maximum atomic E-state index is 13.8. The van der Waals surface area contributed by atoms with Gasteiger partial charge in [-0.1, -0.05) is 32.0 Å². The van der Waals surface area contributed by atoms with Crippen LogP contribution in [-0.4, -0.2) is 37.4 Å². The third-order valence-corrected chi connectivity index (χ3v) is 8.08. The van der Waals surface area contributed by atoms with Crippen molar-refractivity contribution < 1.29 is 22.7 Å². The first kappa shape index (κ1) is 24.6. The van der Waals surface area contributed by atoms with Crippen molar-refractivity contribution in [1.29, 1.82) is 0 Å². The van der Waals surface area contributed by atoms with Gasteiger partial charge in [0.2, 0.25) is 12.7 Å². The van der Waals surface area contributed by atoms with Gasteiger partial charge in [0.25, 0.3) is 10.0 Å². The SMILES string of the molecule is Cc1nn(C)c(C)c1S(=O)(=O)N(CC(=O)NCc1ccc2c(c1)OCO2)c1ccc(C(C)C)cc1. The van der Waals surface area contributed by atoms with E-state index in [1.54, 1.807) is 45.2 Å². The second kappa shape index (κ2) is 9.61. The van der Waals surface area contributed by atoms with Gasteiger partial charge in [-0.2, -0.15) is 5.10 Å². The molecule has 1 aliphatic rings. The van der Waals surface area contributed by atoms with Crippen LogP contribution in [0.15, 0.2) is 47.4 Å². The van der Waals surface area contributed by atoms with Crippen LogP contribution >= 0.6 is 0 Å². The summed E-state index contributed by atoms with van der Waals surface area (Å²) in [6.45, 7) is 7.50. The monoisotopic (exact) mass is 498 g/mol. The van der Waals surface area contributed by atoms with E-state index in [-0.39, 0.29) is 24.8 Å². The average molecular weight is 499 g/mol. The largest absolute Gasteiger partial charge is 0.454 e. The van der Waals surface area contributed by atoms with Gasteiger partial charge in [-0.3, -0.25) is 13.8 Å². The summed E-state index contributed by atoms with van der Waals surface area (Å²) in [5.41, 5.74) is 3.20. The number of nitrogens with zero attached hydrogens (tertiary/aromatic N) is 3. The molecule has 1 aliphatic heterocycles. The molecule has 2 heterocycles. The zero-order valence-electron chi connectivity index (χ0n) is 20.5. The van der Waals surface area contributed by atoms with Gasteiger partial charge in [-0.15, -0.1) is 0 Å². The third-order valence-electron chi connectivity index (χ3n) is 6.05. The fraction of sp³-hybridized carbons (Fsp3) is 0.360. The lowest BCUT2D eigenvalue weighted by molar-refractivity contribution is -0.119. The first-order chi connectivity index (χ1) is 16.6. The van der Waals surface area contributed by atoms with Gasteiger partial charge in [0.1, 0.15) is 11.4 Å². The Morgan fingerprint density at radius 2 is 1.80 bits per heavy atom. The average Bonchev–Trinajstić information content (AvgIpc) is 3.38. The minimum Gasteiger partial charge on any atom is -0.454 e. The van der Waals surface area contributed by atoms with Crippen molar-refractivity contribution in [2.75, 3.05) is 17.6 Å². The molecule has 1 amide bonds. The molecule has 0 aliphatic carbocycles. The number of aryl methyl sites for hydroxylation is 2. The second-order valence-electron chi connectivity index (χ2n) is 8.85. The van der Waals surface area contributed by atoms with E-state index in [4.69, 9.17) is 9.47 Å². The number of hydrogen-bond acceptors (Lipinski definition) is 6. The Morgan fingerprint density at radius 1 is 1.11 bits per heavy atom. The standard InChI is InChI=1S/C25H30N4O5S/c1-16(2)20-7-9-21(10-8-20)29(35(31,32)25-17(3)27-28(5)18(25)4)14-24(30)26-13-19-6-11-22-23(12-19)34-15-33-22/h6-12,16H,13-15H2,1-5H3,(H,26,30). The Labute approximate surface area is 205 Å². The number of rotatable bonds is 8. The van der Waals surface area contributed by atoms with E-state index >= 15 is 0 Å². The molecule has 0 radical (unpaired) electrons. The molecule has 35 heavy (non-hydrogen) atoms. The minimum absolute atomic E-state index is 0.108. The normalized spacial score (nSPS) is 12.7. The number of nitrogens with one attached hydrogen (secondary N) is 1. The number of anilines is 1. The van der Waals surface area contributed by atoms with Gasteiger partial charge in [0.15, 0.2) is 11.5 Å². The number of amides is 1. The van der Waals surface area contributed by atoms with Gasteiger partial charge in [-0.05, 0) is 55.2 Å². The molecule has 0 saturated heterocycles. The van der Waals surface area contributed by atoms with Crippen LogP contribution < -0.4 is 19.1 Å². The van der Waals surface area contributed by atoms with E-state index in [9.17, 15) is 13.2 Å². The molecule has 0 atom stereocenters. The highest BCUT2D eigenvalue weighted by atomic mass is 32.2. The molecule has 4 rings (SSSR count). The molecule has 1 N–H and O–H groups in total. The Bertz CT molecular complexity index is 1350. The summed E-state index contributed by atoms with van der Waals surface area (Å²) in [7, 11) is -2.37. The highest BCUT2D eigenvalue weighted by Gasteiger charge is 2.32. The summed E-state index contributed by atoms with van der Waals surface area (Å²) in [5, 5.41) is 7.08. The van der Waals surface area contributed by atoms with E-state index in [1.165, 1.54) is 4.68 Å². The molecule has 3 aromatic rings. The Hall–Kier alpha value is -3.53. The molecular formula is C25H30N4O5S. The van der Waals surface area contributed by atoms with Crippen LogP contribution in [0.1, 0.15) is 42.3 Å². The Balaban J connectivity index is 1.60. The lowest BCUT2D eigenvalue weighted by atomic mass is 10.0. The van der Waals surface area contributed by atoms with E-state index in [0.717, 1.165) is 15.4 Å². The molecule has 0 fully saturated rings. The Morgan fingerprint density at radius 3 is 2.43 bits per heavy atom. The fourth-order valence-electron chi connectivity index (χ4n) is 4.02. The minimum atomic E-state index is -4.06. The number of sulfonamides is 1. The van der Waals surface area contributed by atoms with E-state index in [1.807, 2.05) is 18.2 Å². The highest BCUT2D eigenvalue weighted by molar-refractivity contribution is 7.93. The number of carbonyl (C=O) groups excluding carboxylic acids is 1. The first-order valence-electron chi connectivity index (χ1n) is 11.4.